The number of rotatable bonds is 16. The molecule has 2 N–H and O–H groups in total. The van der Waals surface area contributed by atoms with Gasteiger partial charge in [0.1, 0.15) is 49.6 Å². The molecule has 0 unspecified atom stereocenters. The fourth-order valence-electron chi connectivity index (χ4n) is 7.64. The second-order valence-corrected chi connectivity index (χ2v) is 16.6. The molecule has 7 rings (SSSR count). The van der Waals surface area contributed by atoms with E-state index in [1.807, 2.05) is 18.2 Å². The Morgan fingerprint density at radius 1 is 0.609 bits per heavy atom. The fourth-order valence-corrected chi connectivity index (χ4v) is 8.36. The largest absolute Gasteiger partial charge is 0.455 e. The maximum absolute atomic E-state index is 13.9. The van der Waals surface area contributed by atoms with Gasteiger partial charge in [0.05, 0.1) is 34.9 Å². The van der Waals surface area contributed by atoms with Crippen LogP contribution in [-0.4, -0.2) is 103 Å². The summed E-state index contributed by atoms with van der Waals surface area (Å²) < 4.78 is 48.2. The monoisotopic (exact) mass is 981 g/mol. The minimum absolute atomic E-state index is 0.0599. The molecule has 5 aromatic rings. The molecule has 360 valence electrons. The van der Waals surface area contributed by atoms with Crippen LogP contribution in [0.2, 0.25) is 0 Å². The highest BCUT2D eigenvalue weighted by molar-refractivity contribution is 6.23. The van der Waals surface area contributed by atoms with Crippen LogP contribution in [-0.2, 0) is 57.7 Å². The van der Waals surface area contributed by atoms with Crippen LogP contribution in [0.25, 0.3) is 0 Å². The molecule has 9 atom stereocenters. The first-order chi connectivity index (χ1) is 33.6. The van der Waals surface area contributed by atoms with Gasteiger partial charge in [0.15, 0.2) is 12.4 Å². The Kier molecular flexibility index (Phi) is 18.1. The van der Waals surface area contributed by atoms with Gasteiger partial charge in [0, 0.05) is 13.5 Å². The number of benzene rings is 5. The molecular weight excluding hydrogens is 933 g/mol. The molecule has 1 saturated carbocycles. The quantitative estimate of drug-likeness (QED) is 0.0546. The van der Waals surface area contributed by atoms with Gasteiger partial charge in [-0.1, -0.05) is 127 Å². The van der Waals surface area contributed by atoms with Gasteiger partial charge < -0.3 is 48.5 Å². The summed E-state index contributed by atoms with van der Waals surface area (Å²) in [5.74, 6) is -1.83. The molecule has 0 aromatic heterocycles. The summed E-state index contributed by atoms with van der Waals surface area (Å²) in [4.78, 5) is 72.9. The van der Waals surface area contributed by atoms with E-state index in [0.29, 0.717) is 16.7 Å². The molecule has 5 aromatic carbocycles. The van der Waals surface area contributed by atoms with Gasteiger partial charge in [-0.3, -0.25) is 0 Å². The van der Waals surface area contributed by atoms with Crippen LogP contribution >= 0.6 is 23.2 Å². The SMILES string of the molecule is CO[C@H]1[C@H](O[C@H]2O[C@H](CCl)[C@@H](Cl)[C@H](OC(=O)c3ccccc3)[C@H]2NC(=O)OCc2ccccc2)[C@@H](NC(=O)OCc2ccccc2)CC(=NC(=O)OCc2ccccc2)[C@@H]1OC(=O)c1ccccc1. The highest BCUT2D eigenvalue weighted by Gasteiger charge is 2.54. The zero-order chi connectivity index (χ0) is 48.5. The maximum atomic E-state index is 13.9. The number of alkyl carbamates (subject to hydrolysis) is 2. The highest BCUT2D eigenvalue weighted by Crippen LogP contribution is 2.35. The zero-order valence-electron chi connectivity index (χ0n) is 37.2. The van der Waals surface area contributed by atoms with Crippen molar-refractivity contribution in [3.63, 3.8) is 0 Å². The third kappa shape index (κ3) is 13.9. The first-order valence-corrected chi connectivity index (χ1v) is 22.9. The molecule has 2 aliphatic rings. The Bertz CT molecular complexity index is 2490. The predicted octanol–water partition coefficient (Wildman–Crippen LogP) is 8.18. The lowest BCUT2D eigenvalue weighted by molar-refractivity contribution is -0.263. The lowest BCUT2D eigenvalue weighted by atomic mass is 9.85. The second-order valence-electron chi connectivity index (χ2n) is 15.8. The zero-order valence-corrected chi connectivity index (χ0v) is 38.7. The summed E-state index contributed by atoms with van der Waals surface area (Å²) in [5, 5.41) is 4.37. The number of hydrogen-bond acceptors (Lipinski definition) is 13. The van der Waals surface area contributed by atoms with Gasteiger partial charge in [-0.05, 0) is 41.0 Å². The van der Waals surface area contributed by atoms with E-state index in [1.54, 1.807) is 121 Å². The third-order valence-corrected chi connectivity index (χ3v) is 11.9. The van der Waals surface area contributed by atoms with Gasteiger partial charge in [0.2, 0.25) is 0 Å². The van der Waals surface area contributed by atoms with E-state index in [2.05, 4.69) is 15.6 Å². The number of esters is 2. The minimum Gasteiger partial charge on any atom is -0.455 e. The number of alkyl halides is 2. The second kappa shape index (κ2) is 25.0. The Labute approximate surface area is 408 Å². The fraction of sp³-hybridized carbons (Fsp3) is 0.294. The molecule has 0 spiro atoms. The summed E-state index contributed by atoms with van der Waals surface area (Å²) >= 11 is 13.4. The summed E-state index contributed by atoms with van der Waals surface area (Å²) in [7, 11) is 1.30. The molecule has 1 aliphatic carbocycles. The molecular formula is C51H49Cl2N3O13. The number of halogens is 2. The lowest BCUT2D eigenvalue weighted by Crippen LogP contribution is -2.68. The third-order valence-electron chi connectivity index (χ3n) is 11.1. The molecule has 0 radical (unpaired) electrons. The lowest BCUT2D eigenvalue weighted by Gasteiger charge is -2.47. The number of amides is 3. The van der Waals surface area contributed by atoms with Crippen molar-refractivity contribution in [2.45, 2.75) is 80.5 Å². The van der Waals surface area contributed by atoms with Crippen LogP contribution in [0.1, 0.15) is 43.8 Å². The smallest absolute Gasteiger partial charge is 0.433 e. The standard InChI is InChI=1S/C51H49Cl2N3O13/c1-62-45-42(67-46(57)35-23-13-5-14-24-35)37(54-49(59)63-29-32-17-7-2-8-18-32)27-38(55-50(60)64-30-33-19-9-3-10-20-33)43(45)69-48-41(56-51(61)65-31-34-21-11-4-12-22-34)44(40(53)39(28-52)66-48)68-47(58)36-25-15-6-16-26-36/h2-26,38-45,48H,27-31H2,1H3,(H,55,60)(H,56,61)/t38-,39+,40+,41+,42-,43+,44-,45+,48+/m0/s1. The Hall–Kier alpha value is -6.82. The van der Waals surface area contributed by atoms with Crippen molar-refractivity contribution >= 4 is 59.1 Å². The molecule has 18 heteroatoms. The van der Waals surface area contributed by atoms with E-state index < -0.39 is 84.5 Å². The number of methoxy groups -OCH3 is 1. The summed E-state index contributed by atoms with van der Waals surface area (Å²) in [6.45, 7) is -0.377. The minimum atomic E-state index is -1.60. The van der Waals surface area contributed by atoms with Gasteiger partial charge in [-0.25, -0.2) is 24.0 Å². The highest BCUT2D eigenvalue weighted by atomic mass is 35.5. The number of carbonyl (C=O) groups is 5. The van der Waals surface area contributed by atoms with Crippen molar-refractivity contribution in [1.29, 1.82) is 0 Å². The van der Waals surface area contributed by atoms with Crippen LogP contribution in [0.3, 0.4) is 0 Å². The molecule has 69 heavy (non-hydrogen) atoms. The molecule has 3 amide bonds. The Morgan fingerprint density at radius 3 is 1.57 bits per heavy atom. The first-order valence-electron chi connectivity index (χ1n) is 21.9. The van der Waals surface area contributed by atoms with Crippen molar-refractivity contribution < 1.29 is 61.9 Å². The average Bonchev–Trinajstić information content (AvgIpc) is 3.38. The summed E-state index contributed by atoms with van der Waals surface area (Å²) in [5.41, 5.74) is 2.34. The topological polar surface area (TPSA) is 196 Å². The van der Waals surface area contributed by atoms with E-state index in [9.17, 15) is 24.0 Å². The molecule has 16 nitrogen and oxygen atoms in total. The van der Waals surface area contributed by atoms with E-state index in [-0.39, 0.29) is 49.0 Å². The maximum Gasteiger partial charge on any atom is 0.433 e. The summed E-state index contributed by atoms with van der Waals surface area (Å²) in [6.07, 6.45) is -11.5. The molecule has 0 bridgehead atoms. The van der Waals surface area contributed by atoms with Gasteiger partial charge >= 0.3 is 30.2 Å². The Morgan fingerprint density at radius 2 is 1.07 bits per heavy atom. The van der Waals surface area contributed by atoms with Crippen LogP contribution in [0.15, 0.2) is 157 Å². The number of nitrogens with zero attached hydrogens (tertiary/aromatic N) is 1. The van der Waals surface area contributed by atoms with Crippen LogP contribution in [0.5, 0.6) is 0 Å². The number of ether oxygens (including phenoxy) is 8. The molecule has 1 saturated heterocycles. The van der Waals surface area contributed by atoms with E-state index in [0.717, 1.165) is 0 Å². The van der Waals surface area contributed by atoms with Crippen molar-refractivity contribution in [1.82, 2.24) is 10.6 Å². The van der Waals surface area contributed by atoms with Crippen molar-refractivity contribution in [3.05, 3.63) is 179 Å². The van der Waals surface area contributed by atoms with E-state index >= 15 is 0 Å². The average molecular weight is 983 g/mol. The summed E-state index contributed by atoms with van der Waals surface area (Å²) in [6, 6.07) is 40.3. The van der Waals surface area contributed by atoms with Gasteiger partial charge in [-0.15, -0.1) is 23.2 Å². The van der Waals surface area contributed by atoms with E-state index in [1.165, 1.54) is 19.2 Å². The van der Waals surface area contributed by atoms with Gasteiger partial charge in [-0.2, -0.15) is 4.99 Å². The van der Waals surface area contributed by atoms with Crippen molar-refractivity contribution in [2.24, 2.45) is 4.99 Å². The number of carbonyl (C=O) groups excluding carboxylic acids is 5. The van der Waals surface area contributed by atoms with Gasteiger partial charge in [0.25, 0.3) is 0 Å². The first kappa shape index (κ1) is 50.1. The van der Waals surface area contributed by atoms with Crippen LogP contribution in [0.4, 0.5) is 14.4 Å². The normalized spacial score (nSPS) is 23.7. The van der Waals surface area contributed by atoms with Crippen LogP contribution < -0.4 is 10.6 Å². The number of aliphatic imine (C=N–C) groups is 1. The predicted molar refractivity (Wildman–Crippen MR) is 252 cm³/mol. The molecule has 1 aliphatic heterocycles. The van der Waals surface area contributed by atoms with Crippen molar-refractivity contribution in [3.8, 4) is 0 Å². The van der Waals surface area contributed by atoms with E-state index in [4.69, 9.17) is 61.1 Å². The number of hydrogen-bond donors (Lipinski definition) is 2. The Balaban J connectivity index is 1.26. The molecule has 1 heterocycles. The van der Waals surface area contributed by atoms with Crippen LogP contribution in [0, 0.1) is 0 Å². The molecule has 2 fully saturated rings. The number of nitrogens with one attached hydrogen (secondary N) is 2. The van der Waals surface area contributed by atoms with Crippen molar-refractivity contribution in [2.75, 3.05) is 13.0 Å².